The molecule has 3 aromatic rings. The van der Waals surface area contributed by atoms with Gasteiger partial charge in [0.2, 0.25) is 0 Å². The summed E-state index contributed by atoms with van der Waals surface area (Å²) < 4.78 is 0. The Balaban J connectivity index is 2.12. The van der Waals surface area contributed by atoms with Gasteiger partial charge in [-0.25, -0.2) is 4.98 Å². The Labute approximate surface area is 104 Å². The quantitative estimate of drug-likeness (QED) is 0.409. The minimum absolute atomic E-state index is 0.465. The molecule has 0 saturated heterocycles. The van der Waals surface area contributed by atoms with E-state index in [1.807, 2.05) is 54.7 Å². The fourth-order valence-electron chi connectivity index (χ4n) is 1.92. The summed E-state index contributed by atoms with van der Waals surface area (Å²) in [6.07, 6.45) is 1.83. The lowest BCUT2D eigenvalue weighted by Crippen LogP contribution is -2.05. The number of hydrogen-bond acceptors (Lipinski definition) is 3. The number of aromatic amines is 1. The lowest BCUT2D eigenvalue weighted by atomic mass is 10.1. The maximum atomic E-state index is 9.19. The van der Waals surface area contributed by atoms with Crippen molar-refractivity contribution in [2.45, 2.75) is 0 Å². The number of pyridine rings is 1. The van der Waals surface area contributed by atoms with E-state index >= 15 is 0 Å². The van der Waals surface area contributed by atoms with Crippen LogP contribution >= 0.6 is 0 Å². The van der Waals surface area contributed by atoms with Crippen LogP contribution in [0.15, 0.2) is 59.9 Å². The van der Waals surface area contributed by atoms with Crippen molar-refractivity contribution in [1.82, 2.24) is 9.97 Å². The van der Waals surface area contributed by atoms with E-state index < -0.39 is 0 Å². The smallest absolute Gasteiger partial charge is 0.138 e. The molecule has 0 atom stereocenters. The van der Waals surface area contributed by atoms with Crippen molar-refractivity contribution in [2.75, 3.05) is 0 Å². The fraction of sp³-hybridized carbons (Fsp3) is 0. The molecule has 0 bridgehead atoms. The minimum Gasteiger partial charge on any atom is -0.410 e. The number of oxime groups is 1. The van der Waals surface area contributed by atoms with Crippen molar-refractivity contribution in [3.8, 4) is 0 Å². The summed E-state index contributed by atoms with van der Waals surface area (Å²) in [7, 11) is 0. The molecule has 1 aromatic carbocycles. The first kappa shape index (κ1) is 10.5. The summed E-state index contributed by atoms with van der Waals surface area (Å²) >= 11 is 0. The van der Waals surface area contributed by atoms with Gasteiger partial charge in [0.25, 0.3) is 0 Å². The second-order valence-corrected chi connectivity index (χ2v) is 3.93. The average Bonchev–Trinajstić information content (AvgIpc) is 2.88. The number of benzene rings is 1. The Morgan fingerprint density at radius 1 is 1.06 bits per heavy atom. The molecule has 0 radical (unpaired) electrons. The van der Waals surface area contributed by atoms with Crippen LogP contribution in [0.4, 0.5) is 0 Å². The molecule has 0 saturated carbocycles. The van der Waals surface area contributed by atoms with Crippen molar-refractivity contribution >= 4 is 16.7 Å². The van der Waals surface area contributed by atoms with Crippen LogP contribution in [0.3, 0.4) is 0 Å². The van der Waals surface area contributed by atoms with Crippen LogP contribution in [0.1, 0.15) is 11.3 Å². The molecule has 0 amide bonds. The Hall–Kier alpha value is -2.62. The number of hydrogen-bond donors (Lipinski definition) is 2. The van der Waals surface area contributed by atoms with Gasteiger partial charge in [-0.3, -0.25) is 0 Å². The van der Waals surface area contributed by atoms with Crippen molar-refractivity contribution in [3.05, 3.63) is 66.0 Å². The first-order valence-electron chi connectivity index (χ1n) is 5.60. The standard InChI is InChI=1S/C14H11N3O/c18-17-13(10-4-2-1-3-5-10)12-7-6-11-8-9-15-14(11)16-12/h1-9,18H,(H,15,16). The minimum atomic E-state index is 0.465. The fourth-order valence-corrected chi connectivity index (χ4v) is 1.92. The average molecular weight is 237 g/mol. The summed E-state index contributed by atoms with van der Waals surface area (Å²) in [6.45, 7) is 0. The molecule has 2 aromatic heterocycles. The zero-order valence-electron chi connectivity index (χ0n) is 9.54. The zero-order valence-corrected chi connectivity index (χ0v) is 9.54. The molecule has 0 aliphatic heterocycles. The van der Waals surface area contributed by atoms with Gasteiger partial charge in [0.05, 0.1) is 5.69 Å². The second kappa shape index (κ2) is 4.33. The van der Waals surface area contributed by atoms with Gasteiger partial charge >= 0.3 is 0 Å². The molecule has 0 fully saturated rings. The van der Waals surface area contributed by atoms with E-state index in [9.17, 15) is 5.21 Å². The van der Waals surface area contributed by atoms with Crippen LogP contribution in [0.25, 0.3) is 11.0 Å². The predicted molar refractivity (Wildman–Crippen MR) is 70.0 cm³/mol. The molecular formula is C14H11N3O. The number of H-pyrrole nitrogens is 1. The van der Waals surface area contributed by atoms with Crippen molar-refractivity contribution < 1.29 is 5.21 Å². The molecule has 2 N–H and O–H groups in total. The third kappa shape index (κ3) is 1.73. The van der Waals surface area contributed by atoms with E-state index in [-0.39, 0.29) is 0 Å². The number of nitrogens with zero attached hydrogens (tertiary/aromatic N) is 2. The summed E-state index contributed by atoms with van der Waals surface area (Å²) in [5.41, 5.74) is 2.72. The molecule has 18 heavy (non-hydrogen) atoms. The number of rotatable bonds is 2. The number of aromatic nitrogens is 2. The van der Waals surface area contributed by atoms with Gasteiger partial charge in [0, 0.05) is 17.1 Å². The van der Waals surface area contributed by atoms with E-state index in [2.05, 4.69) is 15.1 Å². The Morgan fingerprint density at radius 3 is 2.67 bits per heavy atom. The molecule has 3 rings (SSSR count). The highest BCUT2D eigenvalue weighted by molar-refractivity contribution is 6.11. The van der Waals surface area contributed by atoms with E-state index in [4.69, 9.17) is 0 Å². The van der Waals surface area contributed by atoms with Crippen LogP contribution in [-0.2, 0) is 0 Å². The molecule has 0 aliphatic rings. The van der Waals surface area contributed by atoms with Gasteiger partial charge in [0.1, 0.15) is 11.4 Å². The van der Waals surface area contributed by atoms with Gasteiger partial charge in [-0.05, 0) is 18.2 Å². The maximum absolute atomic E-state index is 9.19. The Kier molecular flexibility index (Phi) is 2.53. The van der Waals surface area contributed by atoms with Crippen molar-refractivity contribution in [3.63, 3.8) is 0 Å². The van der Waals surface area contributed by atoms with E-state index in [1.165, 1.54) is 0 Å². The second-order valence-electron chi connectivity index (χ2n) is 3.93. The summed E-state index contributed by atoms with van der Waals surface area (Å²) in [5.74, 6) is 0. The highest BCUT2D eigenvalue weighted by Gasteiger charge is 2.09. The Bertz CT molecular complexity index is 701. The monoisotopic (exact) mass is 237 g/mol. The third-order valence-electron chi connectivity index (χ3n) is 2.80. The molecule has 88 valence electrons. The lowest BCUT2D eigenvalue weighted by molar-refractivity contribution is 0.319. The van der Waals surface area contributed by atoms with Gasteiger partial charge < -0.3 is 10.2 Å². The highest BCUT2D eigenvalue weighted by atomic mass is 16.4. The largest absolute Gasteiger partial charge is 0.410 e. The summed E-state index contributed by atoms with van der Waals surface area (Å²) in [5, 5.41) is 13.6. The lowest BCUT2D eigenvalue weighted by Gasteiger charge is -2.03. The third-order valence-corrected chi connectivity index (χ3v) is 2.80. The van der Waals surface area contributed by atoms with E-state index in [0.717, 1.165) is 16.6 Å². The normalized spacial score (nSPS) is 11.9. The zero-order chi connectivity index (χ0) is 12.4. The van der Waals surface area contributed by atoms with Crippen LogP contribution in [-0.4, -0.2) is 20.9 Å². The van der Waals surface area contributed by atoms with Crippen LogP contribution < -0.4 is 0 Å². The van der Waals surface area contributed by atoms with E-state index in [0.29, 0.717) is 11.4 Å². The summed E-state index contributed by atoms with van der Waals surface area (Å²) in [6, 6.07) is 15.2. The van der Waals surface area contributed by atoms with Gasteiger partial charge in [-0.2, -0.15) is 0 Å². The maximum Gasteiger partial charge on any atom is 0.138 e. The van der Waals surface area contributed by atoms with Crippen LogP contribution in [0, 0.1) is 0 Å². The molecule has 0 unspecified atom stereocenters. The topological polar surface area (TPSA) is 61.3 Å². The first-order valence-corrected chi connectivity index (χ1v) is 5.60. The predicted octanol–water partition coefficient (Wildman–Crippen LogP) is 2.79. The highest BCUT2D eigenvalue weighted by Crippen LogP contribution is 2.14. The molecule has 2 heterocycles. The van der Waals surface area contributed by atoms with Crippen LogP contribution in [0.2, 0.25) is 0 Å². The van der Waals surface area contributed by atoms with Crippen molar-refractivity contribution in [2.24, 2.45) is 5.16 Å². The first-order chi connectivity index (χ1) is 8.88. The molecule has 0 aliphatic carbocycles. The van der Waals surface area contributed by atoms with Crippen molar-refractivity contribution in [1.29, 1.82) is 0 Å². The van der Waals surface area contributed by atoms with Gasteiger partial charge in [-0.1, -0.05) is 35.5 Å². The summed E-state index contributed by atoms with van der Waals surface area (Å²) in [4.78, 5) is 7.48. The SMILES string of the molecule is ON=C(c1ccccc1)c1ccc2cc[nH]c2n1. The molecule has 0 spiro atoms. The van der Waals surface area contributed by atoms with Crippen LogP contribution in [0.5, 0.6) is 0 Å². The van der Waals surface area contributed by atoms with Gasteiger partial charge in [0.15, 0.2) is 0 Å². The Morgan fingerprint density at radius 2 is 1.89 bits per heavy atom. The van der Waals surface area contributed by atoms with E-state index in [1.54, 1.807) is 0 Å². The molecule has 4 heteroatoms. The molecule has 4 nitrogen and oxygen atoms in total. The van der Waals surface area contributed by atoms with Gasteiger partial charge in [-0.15, -0.1) is 0 Å². The number of fused-ring (bicyclic) bond motifs is 1. The number of nitrogens with one attached hydrogen (secondary N) is 1. The molecular weight excluding hydrogens is 226 g/mol.